The van der Waals surface area contributed by atoms with Crippen LogP contribution in [0.1, 0.15) is 38.8 Å². The van der Waals surface area contributed by atoms with Crippen LogP contribution in [0.2, 0.25) is 0 Å². The molecule has 118 valence electrons. The summed E-state index contributed by atoms with van der Waals surface area (Å²) in [7, 11) is 2.16. The second-order valence-electron chi connectivity index (χ2n) is 5.50. The Morgan fingerprint density at radius 3 is 2.19 bits per heavy atom. The molecule has 4 heteroatoms. The molecule has 0 aromatic heterocycles. The average molecular weight is 290 g/mol. The van der Waals surface area contributed by atoms with Gasteiger partial charge in [0.15, 0.2) is 5.96 Å². The van der Waals surface area contributed by atoms with E-state index in [0.717, 1.165) is 25.6 Å². The quantitative estimate of drug-likeness (QED) is 0.599. The lowest BCUT2D eigenvalue weighted by Crippen LogP contribution is -2.37. The van der Waals surface area contributed by atoms with Crippen molar-refractivity contribution in [3.05, 3.63) is 35.4 Å². The van der Waals surface area contributed by atoms with E-state index in [-0.39, 0.29) is 0 Å². The van der Waals surface area contributed by atoms with Gasteiger partial charge in [-0.3, -0.25) is 4.90 Å². The summed E-state index contributed by atoms with van der Waals surface area (Å²) >= 11 is 0. The first-order valence-electron chi connectivity index (χ1n) is 7.87. The summed E-state index contributed by atoms with van der Waals surface area (Å²) in [6.07, 6.45) is 0. The number of benzene rings is 1. The Bertz CT molecular complexity index is 432. The van der Waals surface area contributed by atoms with Gasteiger partial charge in [-0.25, -0.2) is 4.99 Å². The van der Waals surface area contributed by atoms with Crippen LogP contribution in [0.15, 0.2) is 29.3 Å². The standard InChI is InChI=1S/C17H30N4/c1-6-18-17(19-7-2)20-12-15-10-8-9-11-16(15)13-21(5)14(3)4/h8-11,14H,6-7,12-13H2,1-5H3,(H2,18,19,20). The number of nitrogens with zero attached hydrogens (tertiary/aromatic N) is 2. The topological polar surface area (TPSA) is 39.7 Å². The first-order chi connectivity index (χ1) is 10.1. The van der Waals surface area contributed by atoms with Crippen molar-refractivity contribution in [2.45, 2.75) is 46.8 Å². The molecular formula is C17H30N4. The van der Waals surface area contributed by atoms with E-state index >= 15 is 0 Å². The fraction of sp³-hybridized carbons (Fsp3) is 0.588. The number of hydrogen-bond acceptors (Lipinski definition) is 2. The molecule has 1 aromatic rings. The van der Waals surface area contributed by atoms with Crippen molar-refractivity contribution >= 4 is 5.96 Å². The van der Waals surface area contributed by atoms with E-state index in [2.05, 4.69) is 79.5 Å². The SMILES string of the molecule is CCNC(=NCc1ccccc1CN(C)C(C)C)NCC. The maximum Gasteiger partial charge on any atom is 0.191 e. The van der Waals surface area contributed by atoms with Gasteiger partial charge in [0.05, 0.1) is 6.54 Å². The summed E-state index contributed by atoms with van der Waals surface area (Å²) in [6, 6.07) is 9.10. The number of aliphatic imine (C=N–C) groups is 1. The zero-order valence-electron chi connectivity index (χ0n) is 14.1. The van der Waals surface area contributed by atoms with Crippen LogP contribution in [0.4, 0.5) is 0 Å². The molecule has 0 atom stereocenters. The third-order valence-corrected chi connectivity index (χ3v) is 3.52. The lowest BCUT2D eigenvalue weighted by atomic mass is 10.1. The first kappa shape index (κ1) is 17.5. The number of nitrogens with one attached hydrogen (secondary N) is 2. The van der Waals surface area contributed by atoms with Gasteiger partial charge in [0.25, 0.3) is 0 Å². The highest BCUT2D eigenvalue weighted by molar-refractivity contribution is 5.79. The minimum absolute atomic E-state index is 0.542. The Kier molecular flexibility index (Phi) is 7.83. The van der Waals surface area contributed by atoms with Gasteiger partial charge < -0.3 is 10.6 Å². The van der Waals surface area contributed by atoms with E-state index in [1.807, 2.05) is 0 Å². The Morgan fingerprint density at radius 1 is 1.10 bits per heavy atom. The summed E-state index contributed by atoms with van der Waals surface area (Å²) in [5.41, 5.74) is 2.64. The summed E-state index contributed by atoms with van der Waals surface area (Å²) in [6.45, 7) is 12.0. The van der Waals surface area contributed by atoms with Gasteiger partial charge in [0.2, 0.25) is 0 Å². The fourth-order valence-electron chi connectivity index (χ4n) is 1.99. The van der Waals surface area contributed by atoms with E-state index < -0.39 is 0 Å². The Balaban J connectivity index is 2.80. The van der Waals surface area contributed by atoms with E-state index in [9.17, 15) is 0 Å². The Hall–Kier alpha value is -1.55. The van der Waals surface area contributed by atoms with Gasteiger partial charge in [-0.15, -0.1) is 0 Å². The van der Waals surface area contributed by atoms with Crippen LogP contribution in [0.25, 0.3) is 0 Å². The molecule has 1 aromatic carbocycles. The molecule has 0 fully saturated rings. The lowest BCUT2D eigenvalue weighted by molar-refractivity contribution is 0.265. The zero-order chi connectivity index (χ0) is 15.7. The molecule has 21 heavy (non-hydrogen) atoms. The van der Waals surface area contributed by atoms with Gasteiger partial charge >= 0.3 is 0 Å². The molecule has 0 heterocycles. The molecule has 0 unspecified atom stereocenters. The first-order valence-corrected chi connectivity index (χ1v) is 7.87. The lowest BCUT2D eigenvalue weighted by Gasteiger charge is -2.22. The van der Waals surface area contributed by atoms with E-state index in [4.69, 9.17) is 0 Å². The second-order valence-corrected chi connectivity index (χ2v) is 5.50. The molecule has 1 rings (SSSR count). The highest BCUT2D eigenvalue weighted by atomic mass is 15.2. The van der Waals surface area contributed by atoms with Crippen LogP contribution in [0.3, 0.4) is 0 Å². The van der Waals surface area contributed by atoms with Crippen molar-refractivity contribution in [2.75, 3.05) is 20.1 Å². The minimum Gasteiger partial charge on any atom is -0.357 e. The van der Waals surface area contributed by atoms with Gasteiger partial charge in [-0.2, -0.15) is 0 Å². The van der Waals surface area contributed by atoms with Crippen molar-refractivity contribution in [2.24, 2.45) is 4.99 Å². The summed E-state index contributed by atoms with van der Waals surface area (Å²) < 4.78 is 0. The number of guanidine groups is 1. The van der Waals surface area contributed by atoms with Crippen LogP contribution >= 0.6 is 0 Å². The smallest absolute Gasteiger partial charge is 0.191 e. The molecular weight excluding hydrogens is 260 g/mol. The van der Waals surface area contributed by atoms with Crippen LogP contribution < -0.4 is 10.6 Å². The van der Waals surface area contributed by atoms with E-state index in [1.54, 1.807) is 0 Å². The second kappa shape index (κ2) is 9.40. The minimum atomic E-state index is 0.542. The highest BCUT2D eigenvalue weighted by Gasteiger charge is 2.07. The largest absolute Gasteiger partial charge is 0.357 e. The molecule has 0 saturated heterocycles. The Labute approximate surface area is 129 Å². The third kappa shape index (κ3) is 6.17. The highest BCUT2D eigenvalue weighted by Crippen LogP contribution is 2.13. The molecule has 0 amide bonds. The van der Waals surface area contributed by atoms with Crippen LogP contribution in [0.5, 0.6) is 0 Å². The fourth-order valence-corrected chi connectivity index (χ4v) is 1.99. The van der Waals surface area contributed by atoms with Gasteiger partial charge in [0.1, 0.15) is 0 Å². The number of hydrogen-bond donors (Lipinski definition) is 2. The van der Waals surface area contributed by atoms with Crippen LogP contribution in [-0.2, 0) is 13.1 Å². The van der Waals surface area contributed by atoms with Gasteiger partial charge in [-0.1, -0.05) is 24.3 Å². The van der Waals surface area contributed by atoms with Crippen LogP contribution in [0, 0.1) is 0 Å². The van der Waals surface area contributed by atoms with E-state index in [0.29, 0.717) is 12.6 Å². The normalized spacial score (nSPS) is 10.8. The molecule has 2 N–H and O–H groups in total. The molecule has 0 radical (unpaired) electrons. The third-order valence-electron chi connectivity index (χ3n) is 3.52. The zero-order valence-corrected chi connectivity index (χ0v) is 14.1. The maximum absolute atomic E-state index is 4.66. The molecule has 0 aliphatic carbocycles. The number of rotatable bonds is 7. The van der Waals surface area contributed by atoms with Crippen molar-refractivity contribution < 1.29 is 0 Å². The maximum atomic E-state index is 4.66. The van der Waals surface area contributed by atoms with Crippen molar-refractivity contribution in [1.29, 1.82) is 0 Å². The molecule has 0 aliphatic heterocycles. The molecule has 0 aliphatic rings. The summed E-state index contributed by atoms with van der Waals surface area (Å²) in [5, 5.41) is 6.52. The van der Waals surface area contributed by atoms with Crippen molar-refractivity contribution in [3.8, 4) is 0 Å². The summed E-state index contributed by atoms with van der Waals surface area (Å²) in [5.74, 6) is 0.881. The van der Waals surface area contributed by atoms with Gasteiger partial charge in [0, 0.05) is 25.7 Å². The average Bonchev–Trinajstić information content (AvgIpc) is 2.46. The Morgan fingerprint density at radius 2 is 1.67 bits per heavy atom. The molecule has 0 spiro atoms. The van der Waals surface area contributed by atoms with E-state index in [1.165, 1.54) is 11.1 Å². The molecule has 0 saturated carbocycles. The van der Waals surface area contributed by atoms with Crippen LogP contribution in [-0.4, -0.2) is 37.0 Å². The summed E-state index contributed by atoms with van der Waals surface area (Å²) in [4.78, 5) is 7.01. The van der Waals surface area contributed by atoms with Gasteiger partial charge in [-0.05, 0) is 45.9 Å². The predicted octanol–water partition coefficient (Wildman–Crippen LogP) is 2.60. The monoisotopic (exact) mass is 290 g/mol. The molecule has 4 nitrogen and oxygen atoms in total. The predicted molar refractivity (Wildman–Crippen MR) is 91.5 cm³/mol. The van der Waals surface area contributed by atoms with Crippen molar-refractivity contribution in [3.63, 3.8) is 0 Å². The molecule has 0 bridgehead atoms. The van der Waals surface area contributed by atoms with Crippen molar-refractivity contribution in [1.82, 2.24) is 15.5 Å².